The van der Waals surface area contributed by atoms with E-state index in [4.69, 9.17) is 15.2 Å². The number of nitrogens with two attached hydrogens (primary N) is 1. The van der Waals surface area contributed by atoms with Crippen LogP contribution in [0.3, 0.4) is 0 Å². The van der Waals surface area contributed by atoms with E-state index >= 15 is 0 Å². The Bertz CT molecular complexity index is 417. The van der Waals surface area contributed by atoms with Crippen molar-refractivity contribution in [1.29, 1.82) is 0 Å². The molecule has 2 rings (SSSR count). The molecule has 19 heavy (non-hydrogen) atoms. The molecule has 1 fully saturated rings. The van der Waals surface area contributed by atoms with E-state index in [1.54, 1.807) is 0 Å². The molecule has 0 radical (unpaired) electrons. The van der Waals surface area contributed by atoms with Crippen LogP contribution in [0.25, 0.3) is 0 Å². The van der Waals surface area contributed by atoms with Crippen molar-refractivity contribution in [2.24, 2.45) is 0 Å². The highest BCUT2D eigenvalue weighted by Gasteiger charge is 2.27. The molecule has 1 aromatic rings. The minimum absolute atomic E-state index is 0.0661. The zero-order valence-corrected chi connectivity index (χ0v) is 11.7. The summed E-state index contributed by atoms with van der Waals surface area (Å²) in [5.41, 5.74) is 6.36. The van der Waals surface area contributed by atoms with Crippen LogP contribution in [0, 0.1) is 0 Å². The lowest BCUT2D eigenvalue weighted by Gasteiger charge is -2.34. The molecule has 0 spiro atoms. The summed E-state index contributed by atoms with van der Waals surface area (Å²) in [4.78, 5) is 4.44. The molecule has 5 heteroatoms. The molecule has 5 nitrogen and oxygen atoms in total. The SMILES string of the molecule is CCCOc1nc(NC2(C)CCCOC2)ccc1N. The van der Waals surface area contributed by atoms with E-state index in [-0.39, 0.29) is 5.54 Å². The van der Waals surface area contributed by atoms with Gasteiger partial charge in [-0.3, -0.25) is 0 Å². The predicted octanol–water partition coefficient (Wildman–Crippen LogP) is 2.43. The largest absolute Gasteiger partial charge is 0.476 e. The Morgan fingerprint density at radius 2 is 2.37 bits per heavy atom. The van der Waals surface area contributed by atoms with Crippen LogP contribution in [0.5, 0.6) is 5.88 Å². The molecule has 0 aromatic carbocycles. The number of ether oxygens (including phenoxy) is 2. The summed E-state index contributed by atoms with van der Waals surface area (Å²) < 4.78 is 11.1. The second kappa shape index (κ2) is 6.10. The Morgan fingerprint density at radius 1 is 1.53 bits per heavy atom. The van der Waals surface area contributed by atoms with Gasteiger partial charge in [0.25, 0.3) is 0 Å². The topological polar surface area (TPSA) is 69.4 Å². The Kier molecular flexibility index (Phi) is 4.47. The van der Waals surface area contributed by atoms with Gasteiger partial charge in [-0.25, -0.2) is 0 Å². The number of aromatic nitrogens is 1. The lowest BCUT2D eigenvalue weighted by molar-refractivity contribution is 0.0538. The maximum atomic E-state index is 5.86. The summed E-state index contributed by atoms with van der Waals surface area (Å²) >= 11 is 0. The summed E-state index contributed by atoms with van der Waals surface area (Å²) in [6.45, 7) is 6.37. The molecule has 0 saturated carbocycles. The lowest BCUT2D eigenvalue weighted by Crippen LogP contribution is -2.43. The second-order valence-electron chi connectivity index (χ2n) is 5.28. The predicted molar refractivity (Wildman–Crippen MR) is 76.5 cm³/mol. The fourth-order valence-electron chi connectivity index (χ4n) is 2.18. The smallest absolute Gasteiger partial charge is 0.239 e. The zero-order valence-electron chi connectivity index (χ0n) is 11.7. The summed E-state index contributed by atoms with van der Waals surface area (Å²) in [5, 5.41) is 3.43. The number of anilines is 2. The molecule has 1 aliphatic rings. The van der Waals surface area contributed by atoms with Gasteiger partial charge in [0.2, 0.25) is 5.88 Å². The van der Waals surface area contributed by atoms with Crippen LogP contribution < -0.4 is 15.8 Å². The summed E-state index contributed by atoms with van der Waals surface area (Å²) in [6, 6.07) is 3.71. The highest BCUT2D eigenvalue weighted by Crippen LogP contribution is 2.26. The summed E-state index contributed by atoms with van der Waals surface area (Å²) in [6.07, 6.45) is 3.08. The zero-order chi connectivity index (χ0) is 13.7. The van der Waals surface area contributed by atoms with E-state index in [9.17, 15) is 0 Å². The third-order valence-corrected chi connectivity index (χ3v) is 3.20. The highest BCUT2D eigenvalue weighted by molar-refractivity contribution is 5.54. The Hall–Kier alpha value is -1.49. The van der Waals surface area contributed by atoms with E-state index in [1.165, 1.54) is 0 Å². The van der Waals surface area contributed by atoms with Crippen molar-refractivity contribution in [3.8, 4) is 5.88 Å². The van der Waals surface area contributed by atoms with Crippen LogP contribution in [0.1, 0.15) is 33.1 Å². The first-order valence-electron chi connectivity index (χ1n) is 6.88. The molecule has 3 N–H and O–H groups in total. The third-order valence-electron chi connectivity index (χ3n) is 3.20. The van der Waals surface area contributed by atoms with Crippen molar-refractivity contribution < 1.29 is 9.47 Å². The Labute approximate surface area is 114 Å². The van der Waals surface area contributed by atoms with Crippen LogP contribution in [0.2, 0.25) is 0 Å². The first kappa shape index (κ1) is 13.9. The average Bonchev–Trinajstić information content (AvgIpc) is 2.40. The van der Waals surface area contributed by atoms with Crippen LogP contribution in [0.4, 0.5) is 11.5 Å². The highest BCUT2D eigenvalue weighted by atomic mass is 16.5. The van der Waals surface area contributed by atoms with Crippen molar-refractivity contribution in [2.45, 2.75) is 38.6 Å². The fraction of sp³-hybridized carbons (Fsp3) is 0.643. The van der Waals surface area contributed by atoms with Gasteiger partial charge in [-0.2, -0.15) is 4.98 Å². The molecule has 0 bridgehead atoms. The van der Waals surface area contributed by atoms with Crippen LogP contribution >= 0.6 is 0 Å². The van der Waals surface area contributed by atoms with E-state index in [0.717, 1.165) is 31.7 Å². The number of hydrogen-bond donors (Lipinski definition) is 2. The quantitative estimate of drug-likeness (QED) is 0.855. The van der Waals surface area contributed by atoms with Gasteiger partial charge >= 0.3 is 0 Å². The van der Waals surface area contributed by atoms with Crippen molar-refractivity contribution in [2.75, 3.05) is 30.9 Å². The fourth-order valence-corrected chi connectivity index (χ4v) is 2.18. The molecule has 2 heterocycles. The van der Waals surface area contributed by atoms with E-state index < -0.39 is 0 Å². The van der Waals surface area contributed by atoms with E-state index in [1.807, 2.05) is 12.1 Å². The first-order valence-corrected chi connectivity index (χ1v) is 6.88. The maximum absolute atomic E-state index is 5.86. The minimum Gasteiger partial charge on any atom is -0.476 e. The Morgan fingerprint density at radius 3 is 3.05 bits per heavy atom. The molecule has 0 amide bonds. The average molecular weight is 265 g/mol. The third kappa shape index (κ3) is 3.73. The van der Waals surface area contributed by atoms with Gasteiger partial charge in [0.15, 0.2) is 0 Å². The van der Waals surface area contributed by atoms with E-state index in [0.29, 0.717) is 24.8 Å². The van der Waals surface area contributed by atoms with Crippen LogP contribution in [-0.2, 0) is 4.74 Å². The van der Waals surface area contributed by atoms with E-state index in [2.05, 4.69) is 24.1 Å². The van der Waals surface area contributed by atoms with Gasteiger partial charge in [0.05, 0.1) is 24.4 Å². The van der Waals surface area contributed by atoms with Crippen LogP contribution in [0.15, 0.2) is 12.1 Å². The molecule has 1 aromatic heterocycles. The number of nitrogens with one attached hydrogen (secondary N) is 1. The van der Waals surface area contributed by atoms with Crippen LogP contribution in [-0.4, -0.2) is 30.3 Å². The molecule has 1 atom stereocenters. The monoisotopic (exact) mass is 265 g/mol. The van der Waals surface area contributed by atoms with Crippen molar-refractivity contribution >= 4 is 11.5 Å². The molecular weight excluding hydrogens is 242 g/mol. The summed E-state index contributed by atoms with van der Waals surface area (Å²) in [5.74, 6) is 1.29. The molecular formula is C14H23N3O2. The minimum atomic E-state index is -0.0661. The molecule has 0 aliphatic carbocycles. The van der Waals surface area contributed by atoms with Crippen molar-refractivity contribution in [1.82, 2.24) is 4.98 Å². The van der Waals surface area contributed by atoms with Gasteiger partial charge in [-0.05, 0) is 38.3 Å². The number of nitrogen functional groups attached to an aromatic ring is 1. The number of nitrogens with zero attached hydrogens (tertiary/aromatic N) is 1. The summed E-state index contributed by atoms with van der Waals surface area (Å²) in [7, 11) is 0. The molecule has 106 valence electrons. The second-order valence-corrected chi connectivity index (χ2v) is 5.28. The number of hydrogen-bond acceptors (Lipinski definition) is 5. The molecule has 1 aliphatic heterocycles. The standard InChI is InChI=1S/C14H23N3O2/c1-3-8-19-13-11(15)5-6-12(16-13)17-14(2)7-4-9-18-10-14/h5-6H,3-4,7-10,15H2,1-2H3,(H,16,17). The van der Waals surface area contributed by atoms with Gasteiger partial charge in [-0.1, -0.05) is 6.92 Å². The normalized spacial score (nSPS) is 23.1. The first-order chi connectivity index (χ1) is 9.13. The lowest BCUT2D eigenvalue weighted by atomic mass is 9.95. The Balaban J connectivity index is 2.07. The van der Waals surface area contributed by atoms with Gasteiger partial charge < -0.3 is 20.5 Å². The van der Waals surface area contributed by atoms with Crippen molar-refractivity contribution in [3.05, 3.63) is 12.1 Å². The number of rotatable bonds is 5. The molecule has 1 unspecified atom stereocenters. The van der Waals surface area contributed by atoms with Gasteiger partial charge in [0.1, 0.15) is 5.82 Å². The van der Waals surface area contributed by atoms with Crippen molar-refractivity contribution in [3.63, 3.8) is 0 Å². The van der Waals surface area contributed by atoms with Gasteiger partial charge in [-0.15, -0.1) is 0 Å². The number of pyridine rings is 1. The maximum Gasteiger partial charge on any atom is 0.239 e. The molecule has 1 saturated heterocycles. The van der Waals surface area contributed by atoms with Gasteiger partial charge in [0, 0.05) is 6.61 Å².